The van der Waals surface area contributed by atoms with E-state index in [2.05, 4.69) is 33.8 Å². The Morgan fingerprint density at radius 3 is 2.56 bits per heavy atom. The van der Waals surface area contributed by atoms with Gasteiger partial charge in [0.1, 0.15) is 0 Å². The Bertz CT molecular complexity index is 306. The van der Waals surface area contributed by atoms with Gasteiger partial charge in [-0.1, -0.05) is 32.9 Å². The summed E-state index contributed by atoms with van der Waals surface area (Å²) < 4.78 is 5.88. The zero-order valence-electron chi connectivity index (χ0n) is 11.0. The van der Waals surface area contributed by atoms with Crippen molar-refractivity contribution in [3.05, 3.63) is 12.2 Å². The van der Waals surface area contributed by atoms with Crippen LogP contribution < -0.4 is 0 Å². The molecule has 0 unspecified atom stereocenters. The number of aliphatic hydroxyl groups is 1. The van der Waals surface area contributed by atoms with Crippen LogP contribution in [0.5, 0.6) is 0 Å². The maximum absolute atomic E-state index is 9.38. The molecule has 2 rings (SSSR count). The summed E-state index contributed by atoms with van der Waals surface area (Å²) in [6.07, 6.45) is 5.30. The summed E-state index contributed by atoms with van der Waals surface area (Å²) in [5, 5.41) is 9.38. The Labute approximate surface area is 98.7 Å². The second-order valence-corrected chi connectivity index (χ2v) is 6.35. The van der Waals surface area contributed by atoms with E-state index in [1.807, 2.05) is 6.08 Å². The van der Waals surface area contributed by atoms with E-state index in [1.165, 1.54) is 6.42 Å². The molecule has 0 amide bonds. The maximum atomic E-state index is 9.38. The van der Waals surface area contributed by atoms with Crippen LogP contribution in [-0.2, 0) is 4.74 Å². The lowest BCUT2D eigenvalue weighted by Gasteiger charge is -2.43. The van der Waals surface area contributed by atoms with Crippen molar-refractivity contribution in [3.63, 3.8) is 0 Å². The van der Waals surface area contributed by atoms with Crippen molar-refractivity contribution in [2.24, 2.45) is 17.3 Å². The Morgan fingerprint density at radius 1 is 1.38 bits per heavy atom. The van der Waals surface area contributed by atoms with E-state index in [4.69, 9.17) is 4.74 Å². The highest BCUT2D eigenvalue weighted by Crippen LogP contribution is 2.60. The van der Waals surface area contributed by atoms with Gasteiger partial charge in [0.25, 0.3) is 0 Å². The van der Waals surface area contributed by atoms with Crippen LogP contribution in [0, 0.1) is 17.3 Å². The van der Waals surface area contributed by atoms with Gasteiger partial charge >= 0.3 is 0 Å². The topological polar surface area (TPSA) is 32.8 Å². The molecular weight excluding hydrogens is 200 g/mol. The standard InChI is InChI=1S/C14H24O2/c1-9-8-12-14(5,16-12)11(13(9,3)4)7-6-10(2)15/h6-7,9-12,15H,8H2,1-5H3/t9-,10-,11+,12-,14+/m0/s1. The van der Waals surface area contributed by atoms with E-state index < -0.39 is 0 Å². The molecule has 0 radical (unpaired) electrons. The number of fused-ring (bicyclic) bond motifs is 1. The monoisotopic (exact) mass is 224 g/mol. The van der Waals surface area contributed by atoms with Crippen molar-refractivity contribution < 1.29 is 9.84 Å². The molecule has 1 aliphatic carbocycles. The molecule has 2 aliphatic rings. The minimum atomic E-state index is -0.367. The highest BCUT2D eigenvalue weighted by atomic mass is 16.6. The number of epoxide rings is 1. The molecule has 1 saturated carbocycles. The fourth-order valence-corrected chi connectivity index (χ4v) is 3.21. The minimum Gasteiger partial charge on any atom is -0.389 e. The van der Waals surface area contributed by atoms with Crippen LogP contribution in [-0.4, -0.2) is 22.9 Å². The predicted octanol–water partition coefficient (Wildman–Crippen LogP) is 2.76. The van der Waals surface area contributed by atoms with Crippen molar-refractivity contribution >= 4 is 0 Å². The Morgan fingerprint density at radius 2 is 2.00 bits per heavy atom. The highest BCUT2D eigenvalue weighted by Gasteiger charge is 2.65. The molecular formula is C14H24O2. The molecule has 1 saturated heterocycles. The number of rotatable bonds is 2. The Balaban J connectivity index is 2.24. The van der Waals surface area contributed by atoms with Gasteiger partial charge in [0.05, 0.1) is 17.8 Å². The van der Waals surface area contributed by atoms with E-state index in [0.717, 1.165) is 0 Å². The summed E-state index contributed by atoms with van der Waals surface area (Å²) >= 11 is 0. The van der Waals surface area contributed by atoms with Gasteiger partial charge in [0, 0.05) is 5.92 Å². The van der Waals surface area contributed by atoms with Gasteiger partial charge in [-0.05, 0) is 31.6 Å². The molecule has 2 nitrogen and oxygen atoms in total. The molecule has 1 heterocycles. The number of hydrogen-bond acceptors (Lipinski definition) is 2. The smallest absolute Gasteiger partial charge is 0.0987 e. The number of hydrogen-bond donors (Lipinski definition) is 1. The highest BCUT2D eigenvalue weighted by molar-refractivity contribution is 5.19. The van der Waals surface area contributed by atoms with Gasteiger partial charge in [0.15, 0.2) is 0 Å². The molecule has 0 aromatic carbocycles. The zero-order valence-corrected chi connectivity index (χ0v) is 11.0. The van der Waals surface area contributed by atoms with Gasteiger partial charge in [-0.2, -0.15) is 0 Å². The van der Waals surface area contributed by atoms with E-state index in [1.54, 1.807) is 6.92 Å². The number of ether oxygens (including phenoxy) is 1. The van der Waals surface area contributed by atoms with Crippen LogP contribution in [0.15, 0.2) is 12.2 Å². The summed E-state index contributed by atoms with van der Waals surface area (Å²) in [5.74, 6) is 1.07. The van der Waals surface area contributed by atoms with Crippen molar-refractivity contribution in [1.82, 2.24) is 0 Å². The number of aliphatic hydroxyl groups excluding tert-OH is 1. The third-order valence-corrected chi connectivity index (χ3v) is 4.82. The van der Waals surface area contributed by atoms with Crippen LogP contribution in [0.1, 0.15) is 41.0 Å². The largest absolute Gasteiger partial charge is 0.389 e. The van der Waals surface area contributed by atoms with Crippen molar-refractivity contribution in [3.8, 4) is 0 Å². The van der Waals surface area contributed by atoms with Gasteiger partial charge in [-0.15, -0.1) is 0 Å². The lowest BCUT2D eigenvalue weighted by atomic mass is 9.59. The van der Waals surface area contributed by atoms with E-state index in [0.29, 0.717) is 17.9 Å². The van der Waals surface area contributed by atoms with Crippen LogP contribution >= 0.6 is 0 Å². The summed E-state index contributed by atoms with van der Waals surface area (Å²) in [6.45, 7) is 11.0. The summed E-state index contributed by atoms with van der Waals surface area (Å²) in [4.78, 5) is 0. The molecule has 2 fully saturated rings. The molecule has 92 valence electrons. The molecule has 16 heavy (non-hydrogen) atoms. The zero-order chi connectivity index (χ0) is 12.1. The minimum absolute atomic E-state index is 0.0153. The average Bonchev–Trinajstić information content (AvgIpc) is 2.75. The molecule has 1 aliphatic heterocycles. The first kappa shape index (κ1) is 12.1. The van der Waals surface area contributed by atoms with E-state index >= 15 is 0 Å². The molecule has 2 heteroatoms. The summed E-state index contributed by atoms with van der Waals surface area (Å²) in [7, 11) is 0. The fourth-order valence-electron chi connectivity index (χ4n) is 3.21. The second kappa shape index (κ2) is 3.58. The maximum Gasteiger partial charge on any atom is 0.0987 e. The van der Waals surface area contributed by atoms with Crippen LogP contribution in [0.25, 0.3) is 0 Å². The van der Waals surface area contributed by atoms with Gasteiger partial charge in [0.2, 0.25) is 0 Å². The molecule has 0 spiro atoms. The third-order valence-electron chi connectivity index (χ3n) is 4.82. The molecule has 0 bridgehead atoms. The van der Waals surface area contributed by atoms with Crippen molar-refractivity contribution in [1.29, 1.82) is 0 Å². The van der Waals surface area contributed by atoms with Gasteiger partial charge < -0.3 is 9.84 Å². The molecule has 0 aromatic rings. The SMILES string of the molecule is C[C@H](O)C=C[C@@H]1C(C)(C)[C@@H](C)C[C@@H]2O[C@@]21C. The normalized spacial score (nSPS) is 47.8. The predicted molar refractivity (Wildman–Crippen MR) is 65.2 cm³/mol. The second-order valence-electron chi connectivity index (χ2n) is 6.35. The first-order valence-corrected chi connectivity index (χ1v) is 6.32. The van der Waals surface area contributed by atoms with Crippen molar-refractivity contribution in [2.45, 2.75) is 58.8 Å². The molecule has 1 N–H and O–H groups in total. The van der Waals surface area contributed by atoms with E-state index in [-0.39, 0.29) is 17.1 Å². The third kappa shape index (κ3) is 1.72. The van der Waals surface area contributed by atoms with Gasteiger partial charge in [-0.25, -0.2) is 0 Å². The summed E-state index contributed by atoms with van der Waals surface area (Å²) in [6, 6.07) is 0. The first-order valence-electron chi connectivity index (χ1n) is 6.32. The summed E-state index contributed by atoms with van der Waals surface area (Å²) in [5.41, 5.74) is 0.258. The van der Waals surface area contributed by atoms with Crippen molar-refractivity contribution in [2.75, 3.05) is 0 Å². The van der Waals surface area contributed by atoms with E-state index in [9.17, 15) is 5.11 Å². The molecule has 5 atom stereocenters. The Hall–Kier alpha value is -0.340. The lowest BCUT2D eigenvalue weighted by Crippen LogP contribution is -2.44. The quantitative estimate of drug-likeness (QED) is 0.578. The van der Waals surface area contributed by atoms with Crippen LogP contribution in [0.3, 0.4) is 0 Å². The lowest BCUT2D eigenvalue weighted by molar-refractivity contribution is 0.0813. The Kier molecular flexibility index (Phi) is 2.71. The fraction of sp³-hybridized carbons (Fsp3) is 0.857. The average molecular weight is 224 g/mol. The first-order chi connectivity index (χ1) is 7.28. The van der Waals surface area contributed by atoms with Crippen LogP contribution in [0.4, 0.5) is 0 Å². The van der Waals surface area contributed by atoms with Gasteiger partial charge in [-0.3, -0.25) is 0 Å². The molecule has 0 aromatic heterocycles. The van der Waals surface area contributed by atoms with Crippen LogP contribution in [0.2, 0.25) is 0 Å².